The van der Waals surface area contributed by atoms with E-state index < -0.39 is 0 Å². The molecule has 108 valence electrons. The second kappa shape index (κ2) is 6.27. The van der Waals surface area contributed by atoms with E-state index in [1.165, 1.54) is 24.0 Å². The Morgan fingerprint density at radius 1 is 1.30 bits per heavy atom. The van der Waals surface area contributed by atoms with Crippen LogP contribution in [0.4, 0.5) is 0 Å². The molecule has 0 N–H and O–H groups in total. The van der Waals surface area contributed by atoms with Gasteiger partial charge in [-0.1, -0.05) is 29.4 Å². The number of likely N-dealkylation sites (tertiary alicyclic amines) is 1. The molecule has 4 heteroatoms. The van der Waals surface area contributed by atoms with Crippen molar-refractivity contribution in [3.05, 3.63) is 35.4 Å². The molecule has 2 heterocycles. The largest absolute Gasteiger partial charge is 0.391 e. The summed E-state index contributed by atoms with van der Waals surface area (Å²) in [5.41, 5.74) is 2.85. The van der Waals surface area contributed by atoms with Crippen LogP contribution in [0.5, 0.6) is 0 Å². The quantitative estimate of drug-likeness (QED) is 0.840. The van der Waals surface area contributed by atoms with Crippen molar-refractivity contribution in [2.24, 2.45) is 11.1 Å². The highest BCUT2D eigenvalue weighted by Gasteiger charge is 2.31. The minimum absolute atomic E-state index is 0.296. The SMILES string of the molecule is Cc1ccccc1CN1CCC(C2CC(Br)=NO2)CC1. The fraction of sp³-hybridized carbons (Fsp3) is 0.562. The number of hydrogen-bond donors (Lipinski definition) is 0. The van der Waals surface area contributed by atoms with Crippen molar-refractivity contribution in [3.63, 3.8) is 0 Å². The van der Waals surface area contributed by atoms with Gasteiger partial charge in [0.05, 0.1) is 0 Å². The first-order chi connectivity index (χ1) is 9.72. The molecule has 3 rings (SSSR count). The van der Waals surface area contributed by atoms with Crippen molar-refractivity contribution in [2.75, 3.05) is 13.1 Å². The minimum atomic E-state index is 0.296. The third kappa shape index (κ3) is 3.23. The molecule has 0 radical (unpaired) electrons. The van der Waals surface area contributed by atoms with E-state index in [4.69, 9.17) is 4.84 Å². The highest BCUT2D eigenvalue weighted by molar-refractivity contribution is 9.18. The lowest BCUT2D eigenvalue weighted by Crippen LogP contribution is -2.37. The smallest absolute Gasteiger partial charge is 0.136 e. The van der Waals surface area contributed by atoms with Gasteiger partial charge in [-0.05, 0) is 59.9 Å². The predicted octanol–water partition coefficient (Wildman–Crippen LogP) is 3.70. The Morgan fingerprint density at radius 2 is 2.05 bits per heavy atom. The molecule has 1 atom stereocenters. The molecule has 2 aliphatic heterocycles. The monoisotopic (exact) mass is 336 g/mol. The number of piperidine rings is 1. The van der Waals surface area contributed by atoms with Gasteiger partial charge < -0.3 is 4.84 Å². The summed E-state index contributed by atoms with van der Waals surface area (Å²) in [4.78, 5) is 8.06. The van der Waals surface area contributed by atoms with Crippen LogP contribution < -0.4 is 0 Å². The number of rotatable bonds is 3. The van der Waals surface area contributed by atoms with Gasteiger partial charge in [0.15, 0.2) is 0 Å². The van der Waals surface area contributed by atoms with Gasteiger partial charge in [-0.3, -0.25) is 4.90 Å². The van der Waals surface area contributed by atoms with Crippen LogP contribution in [0.3, 0.4) is 0 Å². The number of halogens is 1. The summed E-state index contributed by atoms with van der Waals surface area (Å²) < 4.78 is 0.963. The van der Waals surface area contributed by atoms with Gasteiger partial charge in [-0.15, -0.1) is 0 Å². The van der Waals surface area contributed by atoms with E-state index in [0.29, 0.717) is 12.0 Å². The van der Waals surface area contributed by atoms with Gasteiger partial charge in [0.25, 0.3) is 0 Å². The van der Waals surface area contributed by atoms with Gasteiger partial charge in [0, 0.05) is 18.9 Å². The first-order valence-electron chi connectivity index (χ1n) is 7.37. The Balaban J connectivity index is 1.50. The lowest BCUT2D eigenvalue weighted by atomic mass is 9.90. The van der Waals surface area contributed by atoms with E-state index in [-0.39, 0.29) is 0 Å². The molecule has 1 unspecified atom stereocenters. The molecule has 1 saturated heterocycles. The van der Waals surface area contributed by atoms with Crippen LogP contribution in [-0.2, 0) is 11.4 Å². The number of hydrogen-bond acceptors (Lipinski definition) is 3. The molecular formula is C16H21BrN2O. The summed E-state index contributed by atoms with van der Waals surface area (Å²) in [6.45, 7) is 5.60. The molecule has 1 fully saturated rings. The Morgan fingerprint density at radius 3 is 2.70 bits per heavy atom. The van der Waals surface area contributed by atoms with Gasteiger partial charge >= 0.3 is 0 Å². The van der Waals surface area contributed by atoms with E-state index in [1.54, 1.807) is 0 Å². The number of oxime groups is 1. The Labute approximate surface area is 129 Å². The van der Waals surface area contributed by atoms with Crippen molar-refractivity contribution in [2.45, 2.75) is 38.8 Å². The summed E-state index contributed by atoms with van der Waals surface area (Å²) in [7, 11) is 0. The zero-order valence-corrected chi connectivity index (χ0v) is 13.5. The number of nitrogens with zero attached hydrogens (tertiary/aromatic N) is 2. The van der Waals surface area contributed by atoms with Gasteiger partial charge in [0.2, 0.25) is 0 Å². The van der Waals surface area contributed by atoms with Crippen molar-refractivity contribution >= 4 is 20.6 Å². The third-order valence-electron chi connectivity index (χ3n) is 4.47. The van der Waals surface area contributed by atoms with Crippen molar-refractivity contribution < 1.29 is 4.84 Å². The first kappa shape index (κ1) is 14.1. The third-order valence-corrected chi connectivity index (χ3v) is 4.94. The molecule has 1 aromatic carbocycles. The average Bonchev–Trinajstić information content (AvgIpc) is 2.89. The van der Waals surface area contributed by atoms with Crippen molar-refractivity contribution in [1.82, 2.24) is 4.90 Å². The van der Waals surface area contributed by atoms with Gasteiger partial charge in [0.1, 0.15) is 10.7 Å². The van der Waals surface area contributed by atoms with Crippen LogP contribution in [0.2, 0.25) is 0 Å². The van der Waals surface area contributed by atoms with E-state index in [1.807, 2.05) is 0 Å². The molecule has 20 heavy (non-hydrogen) atoms. The van der Waals surface area contributed by atoms with Gasteiger partial charge in [-0.25, -0.2) is 0 Å². The van der Waals surface area contributed by atoms with Gasteiger partial charge in [-0.2, -0.15) is 0 Å². The van der Waals surface area contributed by atoms with Crippen LogP contribution in [0.25, 0.3) is 0 Å². The Hall–Kier alpha value is -0.870. The standard InChI is InChI=1S/C16H21BrN2O/c1-12-4-2-3-5-14(12)11-19-8-6-13(7-9-19)15-10-16(17)18-20-15/h2-5,13,15H,6-11H2,1H3. The second-order valence-electron chi connectivity index (χ2n) is 5.86. The van der Waals surface area contributed by atoms with Crippen LogP contribution in [0, 0.1) is 12.8 Å². The maximum absolute atomic E-state index is 5.50. The molecule has 0 aromatic heterocycles. The lowest BCUT2D eigenvalue weighted by molar-refractivity contribution is 0.0127. The summed E-state index contributed by atoms with van der Waals surface area (Å²) in [5.74, 6) is 0.655. The molecule has 0 aliphatic carbocycles. The number of aryl methyl sites for hydroxylation is 1. The lowest BCUT2D eigenvalue weighted by Gasteiger charge is -2.33. The minimum Gasteiger partial charge on any atom is -0.391 e. The zero-order chi connectivity index (χ0) is 13.9. The maximum Gasteiger partial charge on any atom is 0.136 e. The summed E-state index contributed by atoms with van der Waals surface area (Å²) in [6.07, 6.45) is 3.67. The Bertz CT molecular complexity index is 495. The zero-order valence-electron chi connectivity index (χ0n) is 11.9. The fourth-order valence-corrected chi connectivity index (χ4v) is 3.53. The first-order valence-corrected chi connectivity index (χ1v) is 8.17. The highest BCUT2D eigenvalue weighted by Crippen LogP contribution is 2.29. The molecule has 0 bridgehead atoms. The van der Waals surface area contributed by atoms with Crippen LogP contribution in [0.1, 0.15) is 30.4 Å². The molecule has 0 amide bonds. The molecule has 2 aliphatic rings. The highest BCUT2D eigenvalue weighted by atomic mass is 79.9. The van der Waals surface area contributed by atoms with Crippen LogP contribution >= 0.6 is 15.9 Å². The predicted molar refractivity (Wildman–Crippen MR) is 85.0 cm³/mol. The maximum atomic E-state index is 5.50. The van der Waals surface area contributed by atoms with E-state index in [2.05, 4.69) is 57.2 Å². The number of benzene rings is 1. The van der Waals surface area contributed by atoms with E-state index in [0.717, 1.165) is 30.7 Å². The van der Waals surface area contributed by atoms with Crippen molar-refractivity contribution in [1.29, 1.82) is 0 Å². The molecule has 0 spiro atoms. The second-order valence-corrected chi connectivity index (χ2v) is 6.77. The van der Waals surface area contributed by atoms with E-state index in [9.17, 15) is 0 Å². The van der Waals surface area contributed by atoms with Crippen molar-refractivity contribution in [3.8, 4) is 0 Å². The molecular weight excluding hydrogens is 316 g/mol. The summed E-state index contributed by atoms with van der Waals surface area (Å²) in [5, 5.41) is 4.01. The summed E-state index contributed by atoms with van der Waals surface area (Å²) >= 11 is 3.42. The topological polar surface area (TPSA) is 24.8 Å². The average molecular weight is 337 g/mol. The fourth-order valence-electron chi connectivity index (χ4n) is 3.13. The molecule has 3 nitrogen and oxygen atoms in total. The van der Waals surface area contributed by atoms with Crippen LogP contribution in [0.15, 0.2) is 29.4 Å². The Kier molecular flexibility index (Phi) is 4.41. The summed E-state index contributed by atoms with van der Waals surface area (Å²) in [6, 6.07) is 8.69. The normalized spacial score (nSPS) is 24.5. The molecule has 1 aromatic rings. The molecule has 0 saturated carbocycles. The van der Waals surface area contributed by atoms with E-state index >= 15 is 0 Å². The van der Waals surface area contributed by atoms with Crippen LogP contribution in [-0.4, -0.2) is 28.7 Å².